The summed E-state index contributed by atoms with van der Waals surface area (Å²) in [6, 6.07) is 1.25. The Hall–Kier alpha value is -0.150. The van der Waals surface area contributed by atoms with Crippen LogP contribution in [0.4, 0.5) is 4.39 Å². The smallest absolute Gasteiger partial charge is 0.116 e. The zero-order valence-electron chi connectivity index (χ0n) is 11.7. The lowest BCUT2D eigenvalue weighted by atomic mass is 9.84. The van der Waals surface area contributed by atoms with E-state index >= 15 is 0 Å². The predicted octanol–water partition coefficient (Wildman–Crippen LogP) is 2.40. The van der Waals surface area contributed by atoms with Gasteiger partial charge in [-0.25, -0.2) is 4.39 Å². The molecule has 0 aromatic carbocycles. The largest absolute Gasteiger partial charge is 0.298 e. The molecule has 2 saturated heterocycles. The fourth-order valence-corrected chi connectivity index (χ4v) is 3.17. The van der Waals surface area contributed by atoms with Crippen LogP contribution in [0.3, 0.4) is 0 Å². The van der Waals surface area contributed by atoms with Crippen LogP contribution >= 0.6 is 0 Å². The van der Waals surface area contributed by atoms with Crippen molar-refractivity contribution in [3.63, 3.8) is 0 Å². The molecule has 0 unspecified atom stereocenters. The molecule has 0 aromatic heterocycles. The third-order valence-corrected chi connectivity index (χ3v) is 4.62. The average molecular weight is 242 g/mol. The molecule has 2 aliphatic rings. The summed E-state index contributed by atoms with van der Waals surface area (Å²) in [4.78, 5) is 4.84. The highest BCUT2D eigenvalue weighted by atomic mass is 19.1. The number of halogens is 1. The lowest BCUT2D eigenvalue weighted by Crippen LogP contribution is -2.63. The predicted molar refractivity (Wildman–Crippen MR) is 69.9 cm³/mol. The van der Waals surface area contributed by atoms with E-state index in [-0.39, 0.29) is 5.92 Å². The van der Waals surface area contributed by atoms with E-state index in [0.29, 0.717) is 24.5 Å². The van der Waals surface area contributed by atoms with Gasteiger partial charge in [0.05, 0.1) is 0 Å². The summed E-state index contributed by atoms with van der Waals surface area (Å²) in [6.07, 6.45) is 0.425. The van der Waals surface area contributed by atoms with Gasteiger partial charge in [0.25, 0.3) is 0 Å². The molecule has 0 amide bonds. The first-order chi connectivity index (χ1) is 7.99. The minimum Gasteiger partial charge on any atom is -0.298 e. The summed E-state index contributed by atoms with van der Waals surface area (Å²) in [5.41, 5.74) is 0. The number of nitrogens with zero attached hydrogens (tertiary/aromatic N) is 2. The zero-order valence-corrected chi connectivity index (χ0v) is 11.7. The molecule has 0 spiro atoms. The second-order valence-electron chi connectivity index (χ2n) is 6.41. The standard InChI is InChI=1S/C14H27FN2/c1-10(2)13-5-6-16(9-14(13)15)12-7-17(8-12)11(3)4/h10-14H,5-9H2,1-4H3/t13-,14+/m1/s1. The van der Waals surface area contributed by atoms with Crippen LogP contribution in [-0.4, -0.2) is 54.2 Å². The van der Waals surface area contributed by atoms with E-state index in [9.17, 15) is 4.39 Å². The monoisotopic (exact) mass is 242 g/mol. The maximum absolute atomic E-state index is 14.1. The number of rotatable bonds is 3. The normalized spacial score (nSPS) is 33.4. The first-order valence-corrected chi connectivity index (χ1v) is 7.11. The van der Waals surface area contributed by atoms with Crippen molar-refractivity contribution in [1.82, 2.24) is 9.80 Å². The molecule has 17 heavy (non-hydrogen) atoms. The Morgan fingerprint density at radius 3 is 2.18 bits per heavy atom. The van der Waals surface area contributed by atoms with Crippen LogP contribution in [0.2, 0.25) is 0 Å². The Balaban J connectivity index is 1.79. The van der Waals surface area contributed by atoms with Crippen LogP contribution in [0.25, 0.3) is 0 Å². The van der Waals surface area contributed by atoms with Crippen LogP contribution < -0.4 is 0 Å². The van der Waals surface area contributed by atoms with Crippen LogP contribution in [0, 0.1) is 11.8 Å². The molecule has 0 aromatic rings. The molecule has 2 rings (SSSR count). The van der Waals surface area contributed by atoms with E-state index in [2.05, 4.69) is 37.5 Å². The minimum absolute atomic E-state index is 0.285. The van der Waals surface area contributed by atoms with Gasteiger partial charge in [0, 0.05) is 31.7 Å². The SMILES string of the molecule is CC(C)[C@H]1CCN(C2CN(C(C)C)C2)C[C@@H]1F. The quantitative estimate of drug-likeness (QED) is 0.750. The summed E-state index contributed by atoms with van der Waals surface area (Å²) in [5, 5.41) is 0. The molecule has 100 valence electrons. The molecular formula is C14H27FN2. The fourth-order valence-electron chi connectivity index (χ4n) is 3.17. The molecule has 0 radical (unpaired) electrons. The topological polar surface area (TPSA) is 6.48 Å². The number of piperidine rings is 1. The van der Waals surface area contributed by atoms with Crippen molar-refractivity contribution < 1.29 is 4.39 Å². The molecule has 2 fully saturated rings. The van der Waals surface area contributed by atoms with Crippen molar-refractivity contribution in [3.05, 3.63) is 0 Å². The van der Waals surface area contributed by atoms with Gasteiger partial charge in [0.15, 0.2) is 0 Å². The van der Waals surface area contributed by atoms with E-state index < -0.39 is 6.17 Å². The van der Waals surface area contributed by atoms with E-state index in [4.69, 9.17) is 0 Å². The van der Waals surface area contributed by atoms with Crippen LogP contribution in [0.1, 0.15) is 34.1 Å². The molecular weight excluding hydrogens is 215 g/mol. The molecule has 0 saturated carbocycles. The van der Waals surface area contributed by atoms with Gasteiger partial charge in [-0.15, -0.1) is 0 Å². The average Bonchev–Trinajstić information content (AvgIpc) is 2.13. The van der Waals surface area contributed by atoms with E-state index in [1.54, 1.807) is 0 Å². The van der Waals surface area contributed by atoms with E-state index in [0.717, 1.165) is 26.1 Å². The van der Waals surface area contributed by atoms with Crippen molar-refractivity contribution in [1.29, 1.82) is 0 Å². The maximum atomic E-state index is 14.1. The highest BCUT2D eigenvalue weighted by Crippen LogP contribution is 2.30. The summed E-state index contributed by atoms with van der Waals surface area (Å²) < 4.78 is 14.1. The van der Waals surface area contributed by atoms with Crippen molar-refractivity contribution >= 4 is 0 Å². The Labute approximate surface area is 105 Å². The Kier molecular flexibility index (Phi) is 4.09. The minimum atomic E-state index is -0.614. The molecule has 0 N–H and O–H groups in total. The van der Waals surface area contributed by atoms with Gasteiger partial charge in [0.2, 0.25) is 0 Å². The molecule has 2 atom stereocenters. The van der Waals surface area contributed by atoms with Gasteiger partial charge in [-0.05, 0) is 38.6 Å². The van der Waals surface area contributed by atoms with Crippen LogP contribution in [0.5, 0.6) is 0 Å². The lowest BCUT2D eigenvalue weighted by molar-refractivity contribution is -0.0316. The summed E-state index contributed by atoms with van der Waals surface area (Å²) in [5.74, 6) is 0.772. The van der Waals surface area contributed by atoms with Crippen molar-refractivity contribution in [2.24, 2.45) is 11.8 Å². The number of alkyl halides is 1. The van der Waals surface area contributed by atoms with Crippen LogP contribution in [0.15, 0.2) is 0 Å². The highest BCUT2D eigenvalue weighted by molar-refractivity contribution is 4.93. The van der Waals surface area contributed by atoms with Crippen molar-refractivity contribution in [3.8, 4) is 0 Å². The van der Waals surface area contributed by atoms with Gasteiger partial charge in [-0.1, -0.05) is 13.8 Å². The van der Waals surface area contributed by atoms with Crippen molar-refractivity contribution in [2.75, 3.05) is 26.2 Å². The summed E-state index contributed by atoms with van der Waals surface area (Å²) in [6.45, 7) is 12.8. The molecule has 2 nitrogen and oxygen atoms in total. The molecule has 2 aliphatic heterocycles. The third-order valence-electron chi connectivity index (χ3n) is 4.62. The molecule has 0 bridgehead atoms. The van der Waals surface area contributed by atoms with Gasteiger partial charge in [-0.3, -0.25) is 9.80 Å². The van der Waals surface area contributed by atoms with Crippen LogP contribution in [-0.2, 0) is 0 Å². The van der Waals surface area contributed by atoms with Gasteiger partial charge in [-0.2, -0.15) is 0 Å². The van der Waals surface area contributed by atoms with Gasteiger partial charge >= 0.3 is 0 Å². The maximum Gasteiger partial charge on any atom is 0.116 e. The Morgan fingerprint density at radius 1 is 1.06 bits per heavy atom. The highest BCUT2D eigenvalue weighted by Gasteiger charge is 2.38. The molecule has 0 aliphatic carbocycles. The molecule has 3 heteroatoms. The second-order valence-corrected chi connectivity index (χ2v) is 6.41. The number of hydrogen-bond donors (Lipinski definition) is 0. The van der Waals surface area contributed by atoms with Gasteiger partial charge in [0.1, 0.15) is 6.17 Å². The Morgan fingerprint density at radius 2 is 1.71 bits per heavy atom. The van der Waals surface area contributed by atoms with E-state index in [1.807, 2.05) is 0 Å². The summed E-state index contributed by atoms with van der Waals surface area (Å²) in [7, 11) is 0. The fraction of sp³-hybridized carbons (Fsp3) is 1.00. The zero-order chi connectivity index (χ0) is 12.6. The van der Waals surface area contributed by atoms with Gasteiger partial charge < -0.3 is 0 Å². The second kappa shape index (κ2) is 5.23. The summed E-state index contributed by atoms with van der Waals surface area (Å²) >= 11 is 0. The first-order valence-electron chi connectivity index (χ1n) is 7.11. The number of hydrogen-bond acceptors (Lipinski definition) is 2. The number of likely N-dealkylation sites (tertiary alicyclic amines) is 2. The Bertz CT molecular complexity index is 249. The van der Waals surface area contributed by atoms with Crippen molar-refractivity contribution in [2.45, 2.75) is 52.4 Å². The molecule has 2 heterocycles. The first kappa shape index (κ1) is 13.3. The van der Waals surface area contributed by atoms with E-state index in [1.165, 1.54) is 0 Å². The lowest BCUT2D eigenvalue weighted by Gasteiger charge is -2.50. The third kappa shape index (κ3) is 2.82.